The molecule has 0 fully saturated rings. The first-order valence-electron chi connectivity index (χ1n) is 6.34. The maximum Gasteiger partial charge on any atom is 0.329 e. The van der Waals surface area contributed by atoms with E-state index >= 15 is 0 Å². The average molecular weight is 277 g/mol. The fourth-order valence-electron chi connectivity index (χ4n) is 2.20. The SMILES string of the molecule is CC(=O)On1cnc2cc(-c3ccccc3C#N)ccc21. The molecule has 0 saturated heterocycles. The molecular weight excluding hydrogens is 266 g/mol. The van der Waals surface area contributed by atoms with Crippen LogP contribution in [-0.2, 0) is 4.79 Å². The molecule has 0 aliphatic heterocycles. The van der Waals surface area contributed by atoms with Crippen molar-refractivity contribution in [2.24, 2.45) is 0 Å². The highest BCUT2D eigenvalue weighted by Gasteiger charge is 2.09. The van der Waals surface area contributed by atoms with Crippen molar-refractivity contribution in [1.82, 2.24) is 9.71 Å². The van der Waals surface area contributed by atoms with E-state index in [2.05, 4.69) is 11.1 Å². The molecule has 3 aromatic rings. The van der Waals surface area contributed by atoms with Gasteiger partial charge in [0.25, 0.3) is 0 Å². The van der Waals surface area contributed by atoms with Crippen LogP contribution in [-0.4, -0.2) is 15.7 Å². The van der Waals surface area contributed by atoms with Crippen LogP contribution in [0.2, 0.25) is 0 Å². The second-order valence-corrected chi connectivity index (χ2v) is 4.51. The normalized spacial score (nSPS) is 10.3. The number of imidazole rings is 1. The second kappa shape index (κ2) is 5.10. The number of fused-ring (bicyclic) bond motifs is 1. The lowest BCUT2D eigenvalue weighted by Gasteiger charge is -2.05. The molecule has 0 bridgehead atoms. The van der Waals surface area contributed by atoms with Crippen LogP contribution >= 0.6 is 0 Å². The smallest absolute Gasteiger partial charge is 0.329 e. The Kier molecular flexibility index (Phi) is 3.13. The van der Waals surface area contributed by atoms with Crippen molar-refractivity contribution in [1.29, 1.82) is 5.26 Å². The van der Waals surface area contributed by atoms with Gasteiger partial charge in [-0.2, -0.15) is 9.99 Å². The molecule has 1 heterocycles. The van der Waals surface area contributed by atoms with Crippen LogP contribution in [0.5, 0.6) is 0 Å². The topological polar surface area (TPSA) is 67.9 Å². The summed E-state index contributed by atoms with van der Waals surface area (Å²) in [4.78, 5) is 20.3. The van der Waals surface area contributed by atoms with Crippen molar-refractivity contribution in [2.75, 3.05) is 0 Å². The third-order valence-corrected chi connectivity index (χ3v) is 3.10. The van der Waals surface area contributed by atoms with E-state index in [1.165, 1.54) is 18.0 Å². The van der Waals surface area contributed by atoms with Gasteiger partial charge in [-0.3, -0.25) is 0 Å². The molecule has 1 aromatic heterocycles. The molecule has 0 radical (unpaired) electrons. The first-order chi connectivity index (χ1) is 10.2. The highest BCUT2D eigenvalue weighted by Crippen LogP contribution is 2.26. The van der Waals surface area contributed by atoms with Crippen LogP contribution in [0.15, 0.2) is 48.8 Å². The number of hydrogen-bond donors (Lipinski definition) is 0. The summed E-state index contributed by atoms with van der Waals surface area (Å²) >= 11 is 0. The summed E-state index contributed by atoms with van der Waals surface area (Å²) in [5.41, 5.74) is 3.75. The van der Waals surface area contributed by atoms with Gasteiger partial charge in [0.1, 0.15) is 11.8 Å². The number of nitrogens with zero attached hydrogens (tertiary/aromatic N) is 3. The van der Waals surface area contributed by atoms with Crippen LogP contribution < -0.4 is 4.84 Å². The molecule has 21 heavy (non-hydrogen) atoms. The fraction of sp³-hybridized carbons (Fsp3) is 0.0625. The van der Waals surface area contributed by atoms with Gasteiger partial charge in [-0.15, -0.1) is 0 Å². The summed E-state index contributed by atoms with van der Waals surface area (Å²) in [6.45, 7) is 1.34. The molecule has 0 unspecified atom stereocenters. The highest BCUT2D eigenvalue weighted by atomic mass is 16.7. The number of carbonyl (C=O) groups is 1. The molecule has 5 heteroatoms. The van der Waals surface area contributed by atoms with Gasteiger partial charge in [0.2, 0.25) is 0 Å². The van der Waals surface area contributed by atoms with Crippen LogP contribution in [0.3, 0.4) is 0 Å². The minimum atomic E-state index is -0.409. The summed E-state index contributed by atoms with van der Waals surface area (Å²) in [5.74, 6) is -0.409. The van der Waals surface area contributed by atoms with Crippen LogP contribution in [0.25, 0.3) is 22.2 Å². The van der Waals surface area contributed by atoms with E-state index in [0.29, 0.717) is 16.6 Å². The third-order valence-electron chi connectivity index (χ3n) is 3.10. The van der Waals surface area contributed by atoms with E-state index in [9.17, 15) is 4.79 Å². The molecule has 0 saturated carbocycles. The minimum absolute atomic E-state index is 0.409. The van der Waals surface area contributed by atoms with E-state index in [4.69, 9.17) is 10.1 Å². The summed E-state index contributed by atoms with van der Waals surface area (Å²) in [6, 6.07) is 15.1. The van der Waals surface area contributed by atoms with Crippen LogP contribution in [0.1, 0.15) is 12.5 Å². The Morgan fingerprint density at radius 3 is 2.86 bits per heavy atom. The Hall–Kier alpha value is -3.13. The monoisotopic (exact) mass is 277 g/mol. The quantitative estimate of drug-likeness (QED) is 0.722. The molecular formula is C16H11N3O2. The van der Waals surface area contributed by atoms with Crippen LogP contribution in [0.4, 0.5) is 0 Å². The number of carbonyl (C=O) groups excluding carboxylic acids is 1. The number of rotatable bonds is 2. The Morgan fingerprint density at radius 1 is 1.29 bits per heavy atom. The lowest BCUT2D eigenvalue weighted by molar-refractivity contribution is -0.141. The molecule has 102 valence electrons. The van der Waals surface area contributed by atoms with Crippen molar-refractivity contribution in [2.45, 2.75) is 6.92 Å². The van der Waals surface area contributed by atoms with E-state index in [1.54, 1.807) is 6.07 Å². The third kappa shape index (κ3) is 2.35. The van der Waals surface area contributed by atoms with Gasteiger partial charge in [0.05, 0.1) is 17.1 Å². The zero-order chi connectivity index (χ0) is 14.8. The summed E-state index contributed by atoms with van der Waals surface area (Å²) in [6.07, 6.45) is 1.45. The van der Waals surface area contributed by atoms with Crippen LogP contribution in [0, 0.1) is 11.3 Å². The standard InChI is InChI=1S/C16H11N3O2/c1-11(20)21-19-10-18-15-8-12(6-7-16(15)19)14-5-3-2-4-13(14)9-17/h2-8,10H,1H3. The van der Waals surface area contributed by atoms with E-state index in [0.717, 1.165) is 11.1 Å². The number of hydrogen-bond acceptors (Lipinski definition) is 4. The van der Waals surface area contributed by atoms with Gasteiger partial charge in [-0.1, -0.05) is 24.3 Å². The molecule has 0 N–H and O–H groups in total. The van der Waals surface area contributed by atoms with Gasteiger partial charge < -0.3 is 4.84 Å². The Morgan fingerprint density at radius 2 is 2.10 bits per heavy atom. The zero-order valence-corrected chi connectivity index (χ0v) is 11.3. The maximum atomic E-state index is 11.0. The van der Waals surface area contributed by atoms with Gasteiger partial charge in [-0.25, -0.2) is 9.78 Å². The lowest BCUT2D eigenvalue weighted by atomic mass is 10.0. The van der Waals surface area contributed by atoms with Gasteiger partial charge >= 0.3 is 5.97 Å². The number of nitriles is 1. The summed E-state index contributed by atoms with van der Waals surface area (Å²) < 4.78 is 1.33. The minimum Gasteiger partial charge on any atom is -0.335 e. The molecule has 0 amide bonds. The Balaban J connectivity index is 2.10. The second-order valence-electron chi connectivity index (χ2n) is 4.51. The fourth-order valence-corrected chi connectivity index (χ4v) is 2.20. The first-order valence-corrected chi connectivity index (χ1v) is 6.34. The lowest BCUT2D eigenvalue weighted by Crippen LogP contribution is -2.14. The molecule has 0 atom stereocenters. The summed E-state index contributed by atoms with van der Waals surface area (Å²) in [7, 11) is 0. The van der Waals surface area contributed by atoms with Crippen molar-refractivity contribution in [3.63, 3.8) is 0 Å². The molecule has 2 aromatic carbocycles. The van der Waals surface area contributed by atoms with Crippen molar-refractivity contribution in [3.8, 4) is 17.2 Å². The number of aromatic nitrogens is 2. The molecule has 0 aliphatic carbocycles. The van der Waals surface area contributed by atoms with Gasteiger partial charge in [0.15, 0.2) is 0 Å². The number of benzene rings is 2. The predicted octanol–water partition coefficient (Wildman–Crippen LogP) is 2.55. The Bertz CT molecular complexity index is 875. The maximum absolute atomic E-state index is 11.0. The van der Waals surface area contributed by atoms with E-state index in [-0.39, 0.29) is 0 Å². The van der Waals surface area contributed by atoms with Gasteiger partial charge in [-0.05, 0) is 29.3 Å². The first kappa shape index (κ1) is 12.9. The van der Waals surface area contributed by atoms with Crippen molar-refractivity contribution in [3.05, 3.63) is 54.4 Å². The highest BCUT2D eigenvalue weighted by molar-refractivity contribution is 5.83. The van der Waals surface area contributed by atoms with Crippen molar-refractivity contribution < 1.29 is 9.63 Å². The van der Waals surface area contributed by atoms with Gasteiger partial charge in [0, 0.05) is 6.92 Å². The summed E-state index contributed by atoms with van der Waals surface area (Å²) in [5, 5.41) is 9.17. The molecule has 0 spiro atoms. The molecule has 0 aliphatic rings. The Labute approximate surface area is 121 Å². The van der Waals surface area contributed by atoms with E-state index < -0.39 is 5.97 Å². The molecule has 3 rings (SSSR count). The van der Waals surface area contributed by atoms with E-state index in [1.807, 2.05) is 36.4 Å². The molecule has 5 nitrogen and oxygen atoms in total. The average Bonchev–Trinajstić information content (AvgIpc) is 2.89. The zero-order valence-electron chi connectivity index (χ0n) is 11.3. The largest absolute Gasteiger partial charge is 0.335 e. The van der Waals surface area contributed by atoms with Crippen molar-refractivity contribution >= 4 is 17.0 Å². The predicted molar refractivity (Wildman–Crippen MR) is 77.1 cm³/mol.